The van der Waals surface area contributed by atoms with Crippen LogP contribution in [0.1, 0.15) is 117 Å². The van der Waals surface area contributed by atoms with Gasteiger partial charge in [-0.05, 0) is 123 Å². The van der Waals surface area contributed by atoms with E-state index < -0.39 is 0 Å². The van der Waals surface area contributed by atoms with E-state index in [1.54, 1.807) is 6.07 Å². The number of fused-ring (bicyclic) bond motifs is 1. The summed E-state index contributed by atoms with van der Waals surface area (Å²) in [6, 6.07) is 3.64. The number of phenols is 1. The fraction of sp³-hybridized carbons (Fsp3) is 0.636. The van der Waals surface area contributed by atoms with Gasteiger partial charge in [0, 0.05) is 34.8 Å². The van der Waals surface area contributed by atoms with Crippen LogP contribution in [0.2, 0.25) is 0 Å². The van der Waals surface area contributed by atoms with Gasteiger partial charge in [0.2, 0.25) is 0 Å². The summed E-state index contributed by atoms with van der Waals surface area (Å²) < 4.78 is 6.40. The molecule has 1 aliphatic rings. The van der Waals surface area contributed by atoms with E-state index >= 15 is 0 Å². The number of aromatic hydroxyl groups is 1. The molecule has 1 unspecified atom stereocenters. The van der Waals surface area contributed by atoms with E-state index in [0.717, 1.165) is 81.8 Å². The van der Waals surface area contributed by atoms with Crippen molar-refractivity contribution in [3.63, 3.8) is 0 Å². The van der Waals surface area contributed by atoms with Gasteiger partial charge in [-0.15, -0.1) is 0 Å². The fourth-order valence-corrected chi connectivity index (χ4v) is 4.36. The maximum atomic E-state index is 9.80. The number of aliphatic hydroxyl groups is 2. The zero-order valence-corrected chi connectivity index (χ0v) is 28.5. The Kier molecular flexibility index (Phi) is 22.9. The standard InChI is InChI=1S/C27H40O2.C5H12O.CH4O.W/c1-20(2)10-7-11-21(3)12-8-13-22(4)14-9-16-27(6)17-15-24-19-25(28)18-23(5)26(24)29-27;1-2-3-4-5-6;1-2;/h10,12,14,18-19,28H,7-9,11,13,15-17H2,1-6H3;6H,2-5H2,1H3;2H,1H3;/b21-12+,22-14+;;;. The van der Waals surface area contributed by atoms with Crippen molar-refractivity contribution < 1.29 is 41.1 Å². The van der Waals surface area contributed by atoms with Crippen molar-refractivity contribution in [3.8, 4) is 11.5 Å². The first-order valence-corrected chi connectivity index (χ1v) is 14.1. The Hall–Kier alpha value is -1.35. The van der Waals surface area contributed by atoms with Gasteiger partial charge in [0.1, 0.15) is 17.1 Å². The van der Waals surface area contributed by atoms with Gasteiger partial charge in [-0.25, -0.2) is 0 Å². The molecule has 3 N–H and O–H groups in total. The predicted octanol–water partition coefficient (Wildman–Crippen LogP) is 8.76. The van der Waals surface area contributed by atoms with Crippen molar-refractivity contribution in [1.29, 1.82) is 0 Å². The van der Waals surface area contributed by atoms with Crippen molar-refractivity contribution in [2.75, 3.05) is 13.7 Å². The van der Waals surface area contributed by atoms with Gasteiger partial charge in [-0.3, -0.25) is 0 Å². The van der Waals surface area contributed by atoms with Crippen LogP contribution in [0.25, 0.3) is 0 Å². The Morgan fingerprint density at radius 3 is 2.05 bits per heavy atom. The Morgan fingerprint density at radius 1 is 0.947 bits per heavy atom. The van der Waals surface area contributed by atoms with Gasteiger partial charge in [0.15, 0.2) is 0 Å². The second-order valence-electron chi connectivity index (χ2n) is 10.7. The molecule has 1 heterocycles. The average Bonchev–Trinajstić information content (AvgIpc) is 2.85. The molecule has 0 fully saturated rings. The number of aliphatic hydroxyl groups excluding tert-OH is 2. The second-order valence-corrected chi connectivity index (χ2v) is 10.7. The zero-order valence-electron chi connectivity index (χ0n) is 25.5. The molecule has 0 bridgehead atoms. The van der Waals surface area contributed by atoms with E-state index in [1.807, 2.05) is 13.0 Å². The van der Waals surface area contributed by atoms with Gasteiger partial charge in [-0.2, -0.15) is 0 Å². The SMILES string of the molecule is CC(C)=CCC/C(C)=C/CC/C(C)=C/CCC1(C)CCc2cc(O)cc(C)c2O1.CCCCCO.CO.[W]. The smallest absolute Gasteiger partial charge is 0.126 e. The third-order valence-corrected chi connectivity index (χ3v) is 6.66. The summed E-state index contributed by atoms with van der Waals surface area (Å²) in [5.41, 5.74) is 6.43. The molecular formula is C33H56O4W. The number of hydrogen-bond donors (Lipinski definition) is 3. The number of hydrogen-bond acceptors (Lipinski definition) is 4. The van der Waals surface area contributed by atoms with Crippen molar-refractivity contribution >= 4 is 0 Å². The van der Waals surface area contributed by atoms with Crippen molar-refractivity contribution in [2.24, 2.45) is 0 Å². The molecule has 2 rings (SSSR count). The summed E-state index contributed by atoms with van der Waals surface area (Å²) in [4.78, 5) is 0. The molecule has 38 heavy (non-hydrogen) atoms. The van der Waals surface area contributed by atoms with E-state index in [9.17, 15) is 5.11 Å². The van der Waals surface area contributed by atoms with Crippen LogP contribution in [0, 0.1) is 6.92 Å². The number of allylic oxidation sites excluding steroid dienone is 6. The first-order chi connectivity index (χ1) is 17.6. The maximum Gasteiger partial charge on any atom is 0.126 e. The predicted molar refractivity (Wildman–Crippen MR) is 160 cm³/mol. The molecule has 0 saturated carbocycles. The first kappa shape index (κ1) is 38.8. The van der Waals surface area contributed by atoms with Crippen LogP contribution in [-0.4, -0.2) is 34.6 Å². The molecule has 1 aromatic rings. The molecular weight excluding hydrogens is 644 g/mol. The van der Waals surface area contributed by atoms with Gasteiger partial charge < -0.3 is 20.1 Å². The molecule has 0 amide bonds. The van der Waals surface area contributed by atoms with Gasteiger partial charge in [0.25, 0.3) is 0 Å². The molecule has 1 atom stereocenters. The fourth-order valence-electron chi connectivity index (χ4n) is 4.36. The summed E-state index contributed by atoms with van der Waals surface area (Å²) in [7, 11) is 1.00. The Balaban J connectivity index is 0. The minimum atomic E-state index is -0.118. The molecule has 5 heteroatoms. The Morgan fingerprint density at radius 2 is 1.53 bits per heavy atom. The zero-order chi connectivity index (χ0) is 28.3. The van der Waals surface area contributed by atoms with Crippen LogP contribution in [0.15, 0.2) is 47.1 Å². The normalized spacial score (nSPS) is 16.5. The van der Waals surface area contributed by atoms with Crippen LogP contribution in [0.3, 0.4) is 0 Å². The molecule has 0 radical (unpaired) electrons. The summed E-state index contributed by atoms with van der Waals surface area (Å²) in [5, 5.41) is 25.0. The molecule has 1 aliphatic heterocycles. The number of unbranched alkanes of at least 4 members (excludes halogenated alkanes) is 2. The maximum absolute atomic E-state index is 9.80. The van der Waals surface area contributed by atoms with Gasteiger partial charge >= 0.3 is 0 Å². The summed E-state index contributed by atoms with van der Waals surface area (Å²) in [6.07, 6.45) is 19.1. The van der Waals surface area contributed by atoms with Crippen molar-refractivity contribution in [2.45, 2.75) is 125 Å². The van der Waals surface area contributed by atoms with E-state index in [4.69, 9.17) is 14.9 Å². The molecule has 4 nitrogen and oxygen atoms in total. The third-order valence-electron chi connectivity index (χ3n) is 6.66. The minimum Gasteiger partial charge on any atom is -0.508 e. The molecule has 218 valence electrons. The average molecular weight is 701 g/mol. The largest absolute Gasteiger partial charge is 0.508 e. The topological polar surface area (TPSA) is 69.9 Å². The first-order valence-electron chi connectivity index (χ1n) is 14.1. The van der Waals surface area contributed by atoms with E-state index in [2.05, 4.69) is 59.8 Å². The summed E-state index contributed by atoms with van der Waals surface area (Å²) in [6.45, 7) is 15.5. The summed E-state index contributed by atoms with van der Waals surface area (Å²) >= 11 is 0. The molecule has 0 aliphatic carbocycles. The molecule has 0 saturated heterocycles. The van der Waals surface area contributed by atoms with Crippen LogP contribution >= 0.6 is 0 Å². The van der Waals surface area contributed by atoms with Gasteiger partial charge in [-0.1, -0.05) is 54.7 Å². The number of benzene rings is 1. The third kappa shape index (κ3) is 17.3. The van der Waals surface area contributed by atoms with Crippen LogP contribution in [-0.2, 0) is 27.5 Å². The van der Waals surface area contributed by atoms with Crippen LogP contribution < -0.4 is 4.74 Å². The molecule has 0 aromatic heterocycles. The number of rotatable bonds is 12. The van der Waals surface area contributed by atoms with Gasteiger partial charge in [0.05, 0.1) is 0 Å². The van der Waals surface area contributed by atoms with Crippen molar-refractivity contribution in [1.82, 2.24) is 0 Å². The van der Waals surface area contributed by atoms with E-state index in [1.165, 1.54) is 29.6 Å². The Bertz CT molecular complexity index is 849. The Labute approximate surface area is 248 Å². The molecule has 1 aromatic carbocycles. The number of phenolic OH excluding ortho intramolecular Hbond substituents is 1. The number of aryl methyl sites for hydroxylation is 2. The second kappa shape index (κ2) is 22.5. The number of ether oxygens (including phenoxy) is 1. The quantitative estimate of drug-likeness (QED) is 0.151. The molecule has 0 spiro atoms. The van der Waals surface area contributed by atoms with E-state index in [-0.39, 0.29) is 26.7 Å². The minimum absolute atomic E-state index is 0. The van der Waals surface area contributed by atoms with Crippen molar-refractivity contribution in [3.05, 3.63) is 58.2 Å². The monoisotopic (exact) mass is 700 g/mol. The summed E-state index contributed by atoms with van der Waals surface area (Å²) in [5.74, 6) is 1.32. The van der Waals surface area contributed by atoms with E-state index in [0.29, 0.717) is 12.4 Å². The van der Waals surface area contributed by atoms with Crippen LogP contribution in [0.4, 0.5) is 0 Å². The van der Waals surface area contributed by atoms with Crippen LogP contribution in [0.5, 0.6) is 11.5 Å².